The average molecular weight is 442 g/mol. The molecule has 0 atom stereocenters. The minimum absolute atomic E-state index is 0.0882. The summed E-state index contributed by atoms with van der Waals surface area (Å²) in [4.78, 5) is 12.0. The molecule has 0 fully saturated rings. The minimum Gasteiger partial charge on any atom is -0.494 e. The molecule has 1 rings (SSSR count). The molecule has 9 heteroatoms. The molecule has 0 aliphatic rings. The van der Waals surface area contributed by atoms with Crippen LogP contribution in [0.5, 0.6) is 5.75 Å². The standard InChI is InChI=1S/C15H22BrClN2O4S/c1-6-19(9-13(20)18-15(2,3)4)24(21,22)12-8-10(17)7-11(16)14(12)23-5/h7-8H,6,9H2,1-5H3,(H,18,20). The first-order valence-corrected chi connectivity index (χ1v) is 9.87. The fourth-order valence-corrected chi connectivity index (χ4v) is 4.83. The van der Waals surface area contributed by atoms with Gasteiger partial charge in [-0.05, 0) is 48.8 Å². The molecule has 1 aromatic carbocycles. The van der Waals surface area contributed by atoms with Crippen molar-refractivity contribution in [3.63, 3.8) is 0 Å². The molecule has 1 N–H and O–H groups in total. The molecule has 0 heterocycles. The van der Waals surface area contributed by atoms with Gasteiger partial charge in [0.05, 0.1) is 18.1 Å². The van der Waals surface area contributed by atoms with E-state index in [1.807, 2.05) is 20.8 Å². The Morgan fingerprint density at radius 1 is 1.38 bits per heavy atom. The molecule has 0 aliphatic carbocycles. The number of hydrogen-bond acceptors (Lipinski definition) is 4. The van der Waals surface area contributed by atoms with Crippen LogP contribution >= 0.6 is 27.5 Å². The van der Waals surface area contributed by atoms with Crippen molar-refractivity contribution in [3.8, 4) is 5.75 Å². The highest BCUT2D eigenvalue weighted by molar-refractivity contribution is 9.10. The number of ether oxygens (including phenoxy) is 1. The van der Waals surface area contributed by atoms with Crippen LogP contribution in [-0.2, 0) is 14.8 Å². The summed E-state index contributed by atoms with van der Waals surface area (Å²) in [6.07, 6.45) is 0. The molecular weight excluding hydrogens is 420 g/mol. The first-order chi connectivity index (χ1) is 10.9. The maximum absolute atomic E-state index is 12.9. The van der Waals surface area contributed by atoms with Gasteiger partial charge in [0, 0.05) is 17.1 Å². The molecule has 0 saturated carbocycles. The number of benzene rings is 1. The van der Waals surface area contributed by atoms with Crippen LogP contribution in [0.25, 0.3) is 0 Å². The number of likely N-dealkylation sites (N-methyl/N-ethyl adjacent to an activating group) is 1. The Morgan fingerprint density at radius 2 is 1.96 bits per heavy atom. The monoisotopic (exact) mass is 440 g/mol. The van der Waals surface area contributed by atoms with Crippen LogP contribution in [0.2, 0.25) is 5.02 Å². The number of nitrogens with one attached hydrogen (secondary N) is 1. The van der Waals surface area contributed by atoms with E-state index in [-0.39, 0.29) is 34.7 Å². The molecule has 136 valence electrons. The van der Waals surface area contributed by atoms with E-state index >= 15 is 0 Å². The molecule has 0 unspecified atom stereocenters. The van der Waals surface area contributed by atoms with Crippen molar-refractivity contribution in [2.45, 2.75) is 38.1 Å². The molecule has 24 heavy (non-hydrogen) atoms. The third kappa shape index (κ3) is 5.34. The SMILES string of the molecule is CCN(CC(=O)NC(C)(C)C)S(=O)(=O)c1cc(Cl)cc(Br)c1OC. The lowest BCUT2D eigenvalue weighted by molar-refractivity contribution is -0.122. The van der Waals surface area contributed by atoms with Crippen LogP contribution in [0, 0.1) is 0 Å². The van der Waals surface area contributed by atoms with E-state index < -0.39 is 15.6 Å². The van der Waals surface area contributed by atoms with E-state index in [1.165, 1.54) is 13.2 Å². The highest BCUT2D eigenvalue weighted by Crippen LogP contribution is 2.36. The number of methoxy groups -OCH3 is 1. The largest absolute Gasteiger partial charge is 0.494 e. The second-order valence-electron chi connectivity index (χ2n) is 6.15. The van der Waals surface area contributed by atoms with Crippen molar-refractivity contribution in [1.29, 1.82) is 0 Å². The van der Waals surface area contributed by atoms with E-state index in [0.29, 0.717) is 4.47 Å². The van der Waals surface area contributed by atoms with Crippen molar-refractivity contribution in [2.24, 2.45) is 0 Å². The van der Waals surface area contributed by atoms with Gasteiger partial charge in [-0.1, -0.05) is 18.5 Å². The second-order valence-corrected chi connectivity index (χ2v) is 9.35. The van der Waals surface area contributed by atoms with Crippen molar-refractivity contribution < 1.29 is 17.9 Å². The van der Waals surface area contributed by atoms with Crippen LogP contribution in [0.3, 0.4) is 0 Å². The zero-order valence-electron chi connectivity index (χ0n) is 14.3. The number of amides is 1. The summed E-state index contributed by atoms with van der Waals surface area (Å²) >= 11 is 9.22. The lowest BCUT2D eigenvalue weighted by Crippen LogP contribution is -2.47. The summed E-state index contributed by atoms with van der Waals surface area (Å²) < 4.78 is 32.6. The topological polar surface area (TPSA) is 75.7 Å². The quantitative estimate of drug-likeness (QED) is 0.736. The van der Waals surface area contributed by atoms with Gasteiger partial charge >= 0.3 is 0 Å². The Kier molecular flexibility index (Phi) is 7.10. The molecule has 0 bridgehead atoms. The van der Waals surface area contributed by atoms with Gasteiger partial charge in [0.15, 0.2) is 5.75 Å². The molecule has 0 spiro atoms. The molecule has 0 saturated heterocycles. The lowest BCUT2D eigenvalue weighted by atomic mass is 10.1. The summed E-state index contributed by atoms with van der Waals surface area (Å²) in [6.45, 7) is 6.98. The summed E-state index contributed by atoms with van der Waals surface area (Å²) in [5.41, 5.74) is -0.447. The summed E-state index contributed by atoms with van der Waals surface area (Å²) in [7, 11) is -2.59. The molecule has 1 amide bonds. The van der Waals surface area contributed by atoms with E-state index in [4.69, 9.17) is 16.3 Å². The predicted molar refractivity (Wildman–Crippen MR) is 98.0 cm³/mol. The average Bonchev–Trinajstić information content (AvgIpc) is 2.41. The third-order valence-corrected chi connectivity index (χ3v) is 5.72. The zero-order valence-corrected chi connectivity index (χ0v) is 17.5. The normalized spacial score (nSPS) is 12.3. The van der Waals surface area contributed by atoms with Gasteiger partial charge < -0.3 is 10.1 Å². The molecule has 0 aromatic heterocycles. The number of rotatable bonds is 6. The van der Waals surface area contributed by atoms with Crippen LogP contribution in [-0.4, -0.2) is 44.4 Å². The van der Waals surface area contributed by atoms with Crippen molar-refractivity contribution >= 4 is 43.5 Å². The number of sulfonamides is 1. The molecular formula is C15H22BrClN2O4S. The maximum Gasteiger partial charge on any atom is 0.247 e. The van der Waals surface area contributed by atoms with Gasteiger partial charge in [-0.2, -0.15) is 4.31 Å². The fraction of sp³-hybridized carbons (Fsp3) is 0.533. The van der Waals surface area contributed by atoms with Gasteiger partial charge in [-0.15, -0.1) is 0 Å². The van der Waals surface area contributed by atoms with Crippen LogP contribution in [0.1, 0.15) is 27.7 Å². The highest BCUT2D eigenvalue weighted by atomic mass is 79.9. The maximum atomic E-state index is 12.9. The molecule has 0 aliphatic heterocycles. The predicted octanol–water partition coefficient (Wildman–Crippen LogP) is 3.04. The summed E-state index contributed by atoms with van der Waals surface area (Å²) in [5, 5.41) is 2.99. The Morgan fingerprint density at radius 3 is 2.42 bits per heavy atom. The Bertz CT molecular complexity index is 717. The summed E-state index contributed by atoms with van der Waals surface area (Å²) in [5.74, 6) is -0.234. The number of carbonyl (C=O) groups excluding carboxylic acids is 1. The second kappa shape index (κ2) is 8.03. The number of halogens is 2. The fourth-order valence-electron chi connectivity index (χ4n) is 2.05. The molecule has 0 radical (unpaired) electrons. The third-order valence-electron chi connectivity index (χ3n) is 2.98. The highest BCUT2D eigenvalue weighted by Gasteiger charge is 2.30. The number of hydrogen-bond donors (Lipinski definition) is 1. The molecule has 1 aromatic rings. The van der Waals surface area contributed by atoms with Crippen LogP contribution in [0.4, 0.5) is 0 Å². The van der Waals surface area contributed by atoms with Gasteiger partial charge in [0.25, 0.3) is 0 Å². The number of nitrogens with zero attached hydrogens (tertiary/aromatic N) is 1. The number of carbonyl (C=O) groups is 1. The van der Waals surface area contributed by atoms with E-state index in [1.54, 1.807) is 13.0 Å². The Hall–Kier alpha value is -0.830. The van der Waals surface area contributed by atoms with Crippen molar-refractivity contribution in [2.75, 3.05) is 20.2 Å². The van der Waals surface area contributed by atoms with E-state index in [9.17, 15) is 13.2 Å². The van der Waals surface area contributed by atoms with Crippen molar-refractivity contribution in [3.05, 3.63) is 21.6 Å². The first kappa shape index (κ1) is 21.2. The van der Waals surface area contributed by atoms with Crippen molar-refractivity contribution in [1.82, 2.24) is 9.62 Å². The van der Waals surface area contributed by atoms with Gasteiger partial charge in [0.1, 0.15) is 4.90 Å². The van der Waals surface area contributed by atoms with Gasteiger partial charge in [-0.3, -0.25) is 4.79 Å². The first-order valence-electron chi connectivity index (χ1n) is 7.26. The minimum atomic E-state index is -3.96. The molecule has 6 nitrogen and oxygen atoms in total. The smallest absolute Gasteiger partial charge is 0.247 e. The van der Waals surface area contributed by atoms with E-state index in [0.717, 1.165) is 4.31 Å². The van der Waals surface area contributed by atoms with Gasteiger partial charge in [0.2, 0.25) is 15.9 Å². The summed E-state index contributed by atoms with van der Waals surface area (Å²) in [6, 6.07) is 2.85. The Labute approximate surface area is 156 Å². The van der Waals surface area contributed by atoms with Crippen LogP contribution < -0.4 is 10.1 Å². The van der Waals surface area contributed by atoms with Gasteiger partial charge in [-0.25, -0.2) is 8.42 Å². The lowest BCUT2D eigenvalue weighted by Gasteiger charge is -2.25. The zero-order chi connectivity index (χ0) is 18.7. The van der Waals surface area contributed by atoms with Crippen LogP contribution in [0.15, 0.2) is 21.5 Å². The Balaban J connectivity index is 3.24. The van der Waals surface area contributed by atoms with E-state index in [2.05, 4.69) is 21.2 Å².